The van der Waals surface area contributed by atoms with Gasteiger partial charge in [0.25, 0.3) is 0 Å². The van der Waals surface area contributed by atoms with Gasteiger partial charge in [0.2, 0.25) is 0 Å². The van der Waals surface area contributed by atoms with Crippen molar-refractivity contribution in [3.05, 3.63) is 34.6 Å². The molecule has 0 saturated carbocycles. The fourth-order valence-electron chi connectivity index (χ4n) is 0.998. The van der Waals surface area contributed by atoms with Gasteiger partial charge < -0.3 is 10.8 Å². The summed E-state index contributed by atoms with van der Waals surface area (Å²) < 4.78 is 12.7. The molecule has 0 aromatic heterocycles. The van der Waals surface area contributed by atoms with Crippen LogP contribution in [-0.4, -0.2) is 11.2 Å². The van der Waals surface area contributed by atoms with Crippen LogP contribution in [0.3, 0.4) is 0 Å². The molecular weight excluding hydrogens is 193 g/mol. The second-order valence-corrected chi connectivity index (χ2v) is 3.35. The SMILES string of the molecule is CC(O)C(N)c1ccc(F)c(Cl)c1. The minimum atomic E-state index is -0.679. The van der Waals surface area contributed by atoms with E-state index in [4.69, 9.17) is 17.3 Å². The molecule has 0 saturated heterocycles. The normalized spacial score (nSPS) is 15.5. The molecule has 2 atom stereocenters. The third kappa shape index (κ3) is 2.40. The molecule has 0 fully saturated rings. The lowest BCUT2D eigenvalue weighted by molar-refractivity contribution is 0.164. The Labute approximate surface area is 81.1 Å². The molecule has 0 aliphatic heterocycles. The summed E-state index contributed by atoms with van der Waals surface area (Å²) in [7, 11) is 0. The van der Waals surface area contributed by atoms with Crippen molar-refractivity contribution < 1.29 is 9.50 Å². The fraction of sp³-hybridized carbons (Fsp3) is 0.333. The zero-order valence-corrected chi connectivity index (χ0v) is 7.92. The Morgan fingerprint density at radius 1 is 1.54 bits per heavy atom. The van der Waals surface area contributed by atoms with E-state index in [2.05, 4.69) is 0 Å². The van der Waals surface area contributed by atoms with Gasteiger partial charge in [-0.3, -0.25) is 0 Å². The molecule has 1 aromatic carbocycles. The summed E-state index contributed by atoms with van der Waals surface area (Å²) in [5.74, 6) is -0.483. The average molecular weight is 204 g/mol. The van der Waals surface area contributed by atoms with Gasteiger partial charge in [-0.15, -0.1) is 0 Å². The van der Waals surface area contributed by atoms with E-state index in [1.54, 1.807) is 6.92 Å². The van der Waals surface area contributed by atoms with Gasteiger partial charge in [-0.2, -0.15) is 0 Å². The zero-order chi connectivity index (χ0) is 10.0. The van der Waals surface area contributed by atoms with E-state index in [1.165, 1.54) is 18.2 Å². The van der Waals surface area contributed by atoms with Crippen molar-refractivity contribution in [2.24, 2.45) is 5.73 Å². The van der Waals surface area contributed by atoms with Gasteiger partial charge >= 0.3 is 0 Å². The summed E-state index contributed by atoms with van der Waals surface area (Å²) in [6, 6.07) is 3.64. The molecule has 2 nitrogen and oxygen atoms in total. The Hall–Kier alpha value is -0.640. The first kappa shape index (κ1) is 10.4. The van der Waals surface area contributed by atoms with Crippen LogP contribution in [0, 0.1) is 5.82 Å². The van der Waals surface area contributed by atoms with Gasteiger partial charge in [-0.05, 0) is 24.6 Å². The van der Waals surface area contributed by atoms with Gasteiger partial charge in [0, 0.05) is 0 Å². The molecule has 3 N–H and O–H groups in total. The monoisotopic (exact) mass is 203 g/mol. The van der Waals surface area contributed by atoms with Crippen molar-refractivity contribution in [1.82, 2.24) is 0 Å². The number of nitrogens with two attached hydrogens (primary N) is 1. The highest BCUT2D eigenvalue weighted by Gasteiger charge is 2.13. The van der Waals surface area contributed by atoms with E-state index in [9.17, 15) is 9.50 Å². The molecule has 72 valence electrons. The third-order valence-electron chi connectivity index (χ3n) is 1.85. The molecule has 4 heteroatoms. The zero-order valence-electron chi connectivity index (χ0n) is 7.17. The Morgan fingerprint density at radius 2 is 2.15 bits per heavy atom. The van der Waals surface area contributed by atoms with Gasteiger partial charge in [0.05, 0.1) is 17.2 Å². The number of rotatable bonds is 2. The second-order valence-electron chi connectivity index (χ2n) is 2.94. The van der Waals surface area contributed by atoms with Crippen molar-refractivity contribution in [2.75, 3.05) is 0 Å². The Bertz CT molecular complexity index is 304. The molecule has 0 spiro atoms. The molecular formula is C9H11ClFNO. The van der Waals surface area contributed by atoms with Crippen LogP contribution in [0.5, 0.6) is 0 Å². The number of benzene rings is 1. The maximum atomic E-state index is 12.7. The van der Waals surface area contributed by atoms with E-state index in [1.807, 2.05) is 0 Å². The number of hydrogen-bond acceptors (Lipinski definition) is 2. The quantitative estimate of drug-likeness (QED) is 0.771. The van der Waals surface area contributed by atoms with Crippen molar-refractivity contribution in [1.29, 1.82) is 0 Å². The van der Waals surface area contributed by atoms with Crippen LogP contribution in [0.15, 0.2) is 18.2 Å². The van der Waals surface area contributed by atoms with E-state index in [0.717, 1.165) is 0 Å². The lowest BCUT2D eigenvalue weighted by Gasteiger charge is -2.15. The van der Waals surface area contributed by atoms with Gasteiger partial charge in [-0.1, -0.05) is 17.7 Å². The first-order valence-corrected chi connectivity index (χ1v) is 4.28. The minimum absolute atomic E-state index is 0.0219. The smallest absolute Gasteiger partial charge is 0.141 e. The van der Waals surface area contributed by atoms with Crippen LogP contribution in [-0.2, 0) is 0 Å². The number of hydrogen-bond donors (Lipinski definition) is 2. The summed E-state index contributed by atoms with van der Waals surface area (Å²) in [6.45, 7) is 1.57. The average Bonchev–Trinajstić information content (AvgIpc) is 2.08. The highest BCUT2D eigenvalue weighted by atomic mass is 35.5. The van der Waals surface area contributed by atoms with Crippen LogP contribution in [0.2, 0.25) is 5.02 Å². The maximum absolute atomic E-state index is 12.7. The lowest BCUT2D eigenvalue weighted by atomic mass is 10.0. The van der Waals surface area contributed by atoms with Crippen molar-refractivity contribution >= 4 is 11.6 Å². The molecule has 0 radical (unpaired) electrons. The van der Waals surface area contributed by atoms with E-state index in [-0.39, 0.29) is 5.02 Å². The predicted molar refractivity (Wildman–Crippen MR) is 50.0 cm³/mol. The van der Waals surface area contributed by atoms with Gasteiger partial charge in [0.15, 0.2) is 0 Å². The van der Waals surface area contributed by atoms with Crippen LogP contribution < -0.4 is 5.73 Å². The Morgan fingerprint density at radius 3 is 2.62 bits per heavy atom. The fourth-order valence-corrected chi connectivity index (χ4v) is 1.19. The lowest BCUT2D eigenvalue weighted by Crippen LogP contribution is -2.23. The molecule has 1 rings (SSSR count). The number of aliphatic hydroxyl groups is 1. The first-order valence-electron chi connectivity index (χ1n) is 3.91. The van der Waals surface area contributed by atoms with E-state index >= 15 is 0 Å². The van der Waals surface area contributed by atoms with Gasteiger partial charge in [-0.25, -0.2) is 4.39 Å². The van der Waals surface area contributed by atoms with Gasteiger partial charge in [0.1, 0.15) is 5.82 Å². The van der Waals surface area contributed by atoms with Crippen molar-refractivity contribution in [3.63, 3.8) is 0 Å². The molecule has 0 aliphatic rings. The molecule has 0 heterocycles. The number of aliphatic hydroxyl groups excluding tert-OH is 1. The van der Waals surface area contributed by atoms with Crippen LogP contribution in [0.1, 0.15) is 18.5 Å². The summed E-state index contributed by atoms with van der Waals surface area (Å²) in [5, 5.41) is 9.19. The molecule has 0 amide bonds. The summed E-state index contributed by atoms with van der Waals surface area (Å²) in [5.41, 5.74) is 6.25. The third-order valence-corrected chi connectivity index (χ3v) is 2.14. The molecule has 13 heavy (non-hydrogen) atoms. The predicted octanol–water partition coefficient (Wildman–Crippen LogP) is 1.86. The highest BCUT2D eigenvalue weighted by Crippen LogP contribution is 2.21. The highest BCUT2D eigenvalue weighted by molar-refractivity contribution is 6.30. The number of halogens is 2. The van der Waals surface area contributed by atoms with Crippen molar-refractivity contribution in [3.8, 4) is 0 Å². The van der Waals surface area contributed by atoms with E-state index in [0.29, 0.717) is 5.56 Å². The maximum Gasteiger partial charge on any atom is 0.141 e. The van der Waals surface area contributed by atoms with E-state index < -0.39 is 18.0 Å². The minimum Gasteiger partial charge on any atom is -0.391 e. The molecule has 0 bridgehead atoms. The summed E-state index contributed by atoms with van der Waals surface area (Å²) >= 11 is 5.55. The second kappa shape index (κ2) is 4.05. The summed E-state index contributed by atoms with van der Waals surface area (Å²) in [6.07, 6.45) is -0.679. The van der Waals surface area contributed by atoms with Crippen LogP contribution >= 0.6 is 11.6 Å². The standard InChI is InChI=1S/C9H11ClFNO/c1-5(13)9(12)6-2-3-8(11)7(10)4-6/h2-5,9,13H,12H2,1H3. The first-order chi connectivity index (χ1) is 6.02. The van der Waals surface area contributed by atoms with Crippen molar-refractivity contribution in [2.45, 2.75) is 19.1 Å². The topological polar surface area (TPSA) is 46.2 Å². The molecule has 0 aliphatic carbocycles. The van der Waals surface area contributed by atoms with Crippen LogP contribution in [0.25, 0.3) is 0 Å². The molecule has 1 aromatic rings. The largest absolute Gasteiger partial charge is 0.391 e. The molecule has 2 unspecified atom stereocenters. The summed E-state index contributed by atoms with van der Waals surface area (Å²) in [4.78, 5) is 0. The Kier molecular flexibility index (Phi) is 3.25. The van der Waals surface area contributed by atoms with Crippen LogP contribution in [0.4, 0.5) is 4.39 Å². The Balaban J connectivity index is 2.97.